The second kappa shape index (κ2) is 15.3. The van der Waals surface area contributed by atoms with Crippen molar-refractivity contribution in [1.29, 1.82) is 0 Å². The zero-order valence-corrected chi connectivity index (χ0v) is 14.2. The lowest BCUT2D eigenvalue weighted by atomic mass is 10.2. The molecule has 0 bridgehead atoms. The maximum atomic E-state index is 11.2. The van der Waals surface area contributed by atoms with Gasteiger partial charge in [0.05, 0.1) is 0 Å². The third kappa shape index (κ3) is 11.7. The number of benzene rings is 1. The largest absolute Gasteiger partial charge is 0.448 e. The molecule has 0 aliphatic carbocycles. The van der Waals surface area contributed by atoms with E-state index in [2.05, 4.69) is 10.6 Å². The molecule has 0 unspecified atom stereocenters. The summed E-state index contributed by atoms with van der Waals surface area (Å²) in [6.07, 6.45) is -0.509. The Balaban J connectivity index is 0. The molecule has 2 amide bonds. The minimum absolute atomic E-state index is 0.137. The lowest BCUT2D eigenvalue weighted by molar-refractivity contribution is -0.114. The van der Waals surface area contributed by atoms with Gasteiger partial charge in [0.1, 0.15) is 6.61 Å². The van der Waals surface area contributed by atoms with Crippen molar-refractivity contribution in [3.8, 4) is 0 Å². The van der Waals surface area contributed by atoms with Crippen LogP contribution in [0.3, 0.4) is 0 Å². The van der Waals surface area contributed by atoms with E-state index in [1.165, 1.54) is 6.92 Å². The molecule has 1 rings (SSSR count). The summed E-state index contributed by atoms with van der Waals surface area (Å²) in [5, 5.41) is 5.25. The number of carbonyl (C=O) groups excluding carboxylic acids is 2. The van der Waals surface area contributed by atoms with Crippen molar-refractivity contribution in [2.75, 3.05) is 18.5 Å². The molecular weight excluding hydrogens is 282 g/mol. The number of amides is 2. The molecule has 0 aromatic heterocycles. The maximum absolute atomic E-state index is 11.2. The predicted octanol–water partition coefficient (Wildman–Crippen LogP) is 2.88. The highest BCUT2D eigenvalue weighted by atomic mass is 16.5. The third-order valence-corrected chi connectivity index (χ3v) is 2.04. The van der Waals surface area contributed by atoms with Gasteiger partial charge in [0.25, 0.3) is 0 Å². The van der Waals surface area contributed by atoms with Gasteiger partial charge in [-0.05, 0) is 17.7 Å². The van der Waals surface area contributed by atoms with E-state index in [1.807, 2.05) is 33.8 Å². The number of ether oxygens (including phenoxy) is 1. The molecule has 0 aliphatic heterocycles. The van der Waals surface area contributed by atoms with Crippen molar-refractivity contribution in [3.05, 3.63) is 29.8 Å². The van der Waals surface area contributed by atoms with Gasteiger partial charge < -0.3 is 21.1 Å². The van der Waals surface area contributed by atoms with Crippen molar-refractivity contribution in [2.45, 2.75) is 41.2 Å². The minimum atomic E-state index is -0.509. The first kappa shape index (κ1) is 22.2. The molecule has 0 aliphatic rings. The zero-order chi connectivity index (χ0) is 17.4. The Morgan fingerprint density at radius 2 is 1.82 bits per heavy atom. The van der Waals surface area contributed by atoms with Crippen molar-refractivity contribution < 1.29 is 14.3 Å². The maximum Gasteiger partial charge on any atom is 0.407 e. The lowest BCUT2D eigenvalue weighted by Crippen LogP contribution is -2.26. The van der Waals surface area contributed by atoms with E-state index in [9.17, 15) is 9.59 Å². The van der Waals surface area contributed by atoms with Gasteiger partial charge in [-0.1, -0.05) is 39.8 Å². The number of hydrogen-bond donors (Lipinski definition) is 3. The van der Waals surface area contributed by atoms with Crippen LogP contribution < -0.4 is 16.4 Å². The van der Waals surface area contributed by atoms with Gasteiger partial charge in [-0.2, -0.15) is 0 Å². The van der Waals surface area contributed by atoms with Gasteiger partial charge in [-0.15, -0.1) is 0 Å². The number of hydrogen-bond acceptors (Lipinski definition) is 4. The topological polar surface area (TPSA) is 93.5 Å². The summed E-state index contributed by atoms with van der Waals surface area (Å²) in [6, 6.07) is 7.20. The van der Waals surface area contributed by atoms with Gasteiger partial charge in [-0.25, -0.2) is 4.79 Å². The molecule has 0 atom stereocenters. The number of nitrogens with two attached hydrogens (primary N) is 1. The third-order valence-electron chi connectivity index (χ3n) is 2.04. The van der Waals surface area contributed by atoms with Crippen LogP contribution in [0, 0.1) is 0 Å². The summed E-state index contributed by atoms with van der Waals surface area (Å²) in [5.41, 5.74) is 6.76. The van der Waals surface area contributed by atoms with E-state index >= 15 is 0 Å². The monoisotopic (exact) mass is 311 g/mol. The molecule has 0 heterocycles. The Morgan fingerprint density at radius 3 is 2.36 bits per heavy atom. The number of carbonyl (C=O) groups is 2. The molecule has 0 saturated heterocycles. The molecule has 22 heavy (non-hydrogen) atoms. The lowest BCUT2D eigenvalue weighted by Gasteiger charge is -2.08. The van der Waals surface area contributed by atoms with E-state index in [0.717, 1.165) is 5.56 Å². The van der Waals surface area contributed by atoms with E-state index in [4.69, 9.17) is 10.5 Å². The fourth-order valence-electron chi connectivity index (χ4n) is 1.34. The molecule has 4 N–H and O–H groups in total. The molecule has 0 spiro atoms. The van der Waals surface area contributed by atoms with Crippen LogP contribution in [0.2, 0.25) is 0 Å². The molecule has 0 fully saturated rings. The summed E-state index contributed by atoms with van der Waals surface area (Å²) >= 11 is 0. The summed E-state index contributed by atoms with van der Waals surface area (Å²) in [4.78, 5) is 22.1. The highest BCUT2D eigenvalue weighted by molar-refractivity contribution is 5.88. The molecule has 1 aromatic carbocycles. The Bertz CT molecular complexity index is 423. The number of rotatable bonds is 5. The van der Waals surface area contributed by atoms with Crippen LogP contribution in [0.4, 0.5) is 10.5 Å². The van der Waals surface area contributed by atoms with Crippen LogP contribution in [-0.2, 0) is 16.1 Å². The molecular formula is C16H29N3O3. The highest BCUT2D eigenvalue weighted by Crippen LogP contribution is 2.10. The first-order chi connectivity index (χ1) is 10.6. The summed E-state index contributed by atoms with van der Waals surface area (Å²) in [6.45, 7) is 10.3. The summed E-state index contributed by atoms with van der Waals surface area (Å²) < 4.78 is 4.76. The van der Waals surface area contributed by atoms with Gasteiger partial charge >= 0.3 is 6.09 Å². The first-order valence-corrected chi connectivity index (χ1v) is 7.59. The smallest absolute Gasteiger partial charge is 0.407 e. The first-order valence-electron chi connectivity index (χ1n) is 7.59. The quantitative estimate of drug-likeness (QED) is 0.779. The molecule has 6 nitrogen and oxygen atoms in total. The fraction of sp³-hybridized carbons (Fsp3) is 0.500. The molecule has 1 aromatic rings. The SMILES string of the molecule is CC.CC.CC(=O)Nc1cccc(CNC(=O)OCCN)c1. The Kier molecular flexibility index (Phi) is 15.5. The van der Waals surface area contributed by atoms with Crippen LogP contribution >= 0.6 is 0 Å². The number of anilines is 1. The van der Waals surface area contributed by atoms with Gasteiger partial charge in [-0.3, -0.25) is 4.79 Å². The number of nitrogens with one attached hydrogen (secondary N) is 2. The Morgan fingerprint density at radius 1 is 1.18 bits per heavy atom. The molecule has 6 heteroatoms. The van der Waals surface area contributed by atoms with Crippen LogP contribution in [0.25, 0.3) is 0 Å². The van der Waals surface area contributed by atoms with Crippen LogP contribution in [0.15, 0.2) is 24.3 Å². The predicted molar refractivity (Wildman–Crippen MR) is 90.7 cm³/mol. The molecule has 126 valence electrons. The zero-order valence-electron chi connectivity index (χ0n) is 14.2. The van der Waals surface area contributed by atoms with Crippen LogP contribution in [0.5, 0.6) is 0 Å². The standard InChI is InChI=1S/C12H17N3O3.2C2H6/c1-9(16)15-11-4-2-3-10(7-11)8-14-12(17)18-6-5-13;2*1-2/h2-4,7H,5-6,8,13H2,1H3,(H,14,17)(H,15,16);2*1-2H3. The minimum Gasteiger partial charge on any atom is -0.448 e. The van der Waals surface area contributed by atoms with Crippen molar-refractivity contribution in [1.82, 2.24) is 5.32 Å². The Labute approximate surface area is 133 Å². The van der Waals surface area contributed by atoms with Crippen LogP contribution in [-0.4, -0.2) is 25.2 Å². The normalized spacial score (nSPS) is 8.45. The average molecular weight is 311 g/mol. The van der Waals surface area contributed by atoms with Crippen LogP contribution in [0.1, 0.15) is 40.2 Å². The molecule has 0 saturated carbocycles. The second-order valence-corrected chi connectivity index (χ2v) is 3.66. The van der Waals surface area contributed by atoms with Crippen molar-refractivity contribution in [3.63, 3.8) is 0 Å². The van der Waals surface area contributed by atoms with Gasteiger partial charge in [0, 0.05) is 25.7 Å². The Hall–Kier alpha value is -2.08. The average Bonchev–Trinajstić information content (AvgIpc) is 2.54. The van der Waals surface area contributed by atoms with E-state index in [1.54, 1.807) is 18.2 Å². The van der Waals surface area contributed by atoms with Crippen molar-refractivity contribution in [2.24, 2.45) is 5.73 Å². The number of alkyl carbamates (subject to hydrolysis) is 1. The van der Waals surface area contributed by atoms with E-state index < -0.39 is 6.09 Å². The summed E-state index contributed by atoms with van der Waals surface area (Å²) in [5.74, 6) is -0.137. The van der Waals surface area contributed by atoms with E-state index in [0.29, 0.717) is 18.8 Å². The molecule has 0 radical (unpaired) electrons. The highest BCUT2D eigenvalue weighted by Gasteiger charge is 2.02. The van der Waals surface area contributed by atoms with Gasteiger partial charge in [0.2, 0.25) is 5.91 Å². The van der Waals surface area contributed by atoms with Gasteiger partial charge in [0.15, 0.2) is 0 Å². The van der Waals surface area contributed by atoms with E-state index in [-0.39, 0.29) is 12.5 Å². The second-order valence-electron chi connectivity index (χ2n) is 3.66. The summed E-state index contributed by atoms with van der Waals surface area (Å²) in [7, 11) is 0. The van der Waals surface area contributed by atoms with Crippen molar-refractivity contribution >= 4 is 17.7 Å². The fourth-order valence-corrected chi connectivity index (χ4v) is 1.34.